The molecule has 0 radical (unpaired) electrons. The highest BCUT2D eigenvalue weighted by atomic mass is 127. The fourth-order valence-electron chi connectivity index (χ4n) is 1.49. The summed E-state index contributed by atoms with van der Waals surface area (Å²) in [7, 11) is 0. The van der Waals surface area contributed by atoms with Gasteiger partial charge in [0.2, 0.25) is 0 Å². The van der Waals surface area contributed by atoms with Crippen molar-refractivity contribution in [1.82, 2.24) is 10.6 Å². The van der Waals surface area contributed by atoms with Gasteiger partial charge in [0.15, 0.2) is 5.96 Å². The molecule has 0 spiro atoms. The van der Waals surface area contributed by atoms with Crippen molar-refractivity contribution in [3.8, 4) is 5.75 Å². The van der Waals surface area contributed by atoms with E-state index in [2.05, 4.69) is 15.6 Å². The number of hydrogen-bond acceptors (Lipinski definition) is 2. The summed E-state index contributed by atoms with van der Waals surface area (Å²) in [6, 6.07) is 6.03. The lowest BCUT2D eigenvalue weighted by molar-refractivity contribution is 0.313. The Morgan fingerprint density at radius 1 is 1.15 bits per heavy atom. The lowest BCUT2D eigenvalue weighted by Crippen LogP contribution is -2.37. The van der Waals surface area contributed by atoms with Gasteiger partial charge in [0.25, 0.3) is 0 Å². The Morgan fingerprint density at radius 3 is 2.30 bits per heavy atom. The number of nitrogens with zero attached hydrogens (tertiary/aromatic N) is 1. The summed E-state index contributed by atoms with van der Waals surface area (Å²) in [4.78, 5) is 4.40. The molecular formula is C14H23FIN3O. The average molecular weight is 395 g/mol. The summed E-state index contributed by atoms with van der Waals surface area (Å²) >= 11 is 0. The third kappa shape index (κ3) is 8.19. The molecule has 20 heavy (non-hydrogen) atoms. The van der Waals surface area contributed by atoms with Gasteiger partial charge in [-0.25, -0.2) is 4.39 Å². The van der Waals surface area contributed by atoms with E-state index in [0.717, 1.165) is 25.5 Å². The van der Waals surface area contributed by atoms with Gasteiger partial charge < -0.3 is 15.4 Å². The molecule has 0 amide bonds. The van der Waals surface area contributed by atoms with Crippen molar-refractivity contribution in [2.24, 2.45) is 4.99 Å². The maximum Gasteiger partial charge on any atom is 0.191 e. The summed E-state index contributed by atoms with van der Waals surface area (Å²) in [5.41, 5.74) is 0. The van der Waals surface area contributed by atoms with E-state index < -0.39 is 0 Å². The van der Waals surface area contributed by atoms with Crippen molar-refractivity contribution in [2.75, 3.05) is 26.2 Å². The zero-order chi connectivity index (χ0) is 13.9. The van der Waals surface area contributed by atoms with Crippen molar-refractivity contribution in [3.05, 3.63) is 30.1 Å². The normalized spacial score (nSPS) is 9.35. The molecule has 0 aliphatic heterocycles. The topological polar surface area (TPSA) is 45.7 Å². The number of guanidine groups is 1. The molecular weight excluding hydrogens is 372 g/mol. The van der Waals surface area contributed by atoms with Crippen LogP contribution in [0.1, 0.15) is 20.3 Å². The first-order chi connectivity index (χ1) is 9.26. The Kier molecular flexibility index (Phi) is 11.1. The molecule has 0 heterocycles. The molecule has 1 aromatic rings. The minimum atomic E-state index is -0.252. The summed E-state index contributed by atoms with van der Waals surface area (Å²) in [5, 5.41) is 6.31. The van der Waals surface area contributed by atoms with Crippen molar-refractivity contribution in [1.29, 1.82) is 0 Å². The van der Waals surface area contributed by atoms with Crippen LogP contribution in [0.15, 0.2) is 29.3 Å². The maximum atomic E-state index is 12.7. The molecule has 0 aliphatic carbocycles. The molecule has 0 saturated carbocycles. The van der Waals surface area contributed by atoms with E-state index in [0.29, 0.717) is 18.9 Å². The third-order valence-corrected chi connectivity index (χ3v) is 2.34. The summed E-state index contributed by atoms with van der Waals surface area (Å²) in [5.74, 6) is 1.26. The molecule has 0 aliphatic rings. The summed E-state index contributed by atoms with van der Waals surface area (Å²) in [6.07, 6.45) is 0.817. The minimum absolute atomic E-state index is 0. The van der Waals surface area contributed by atoms with E-state index in [1.807, 2.05) is 13.8 Å². The van der Waals surface area contributed by atoms with Gasteiger partial charge in [-0.15, -0.1) is 24.0 Å². The van der Waals surface area contributed by atoms with Crippen LogP contribution >= 0.6 is 24.0 Å². The number of ether oxygens (including phenoxy) is 1. The number of benzene rings is 1. The van der Waals surface area contributed by atoms with Crippen LogP contribution in [0.2, 0.25) is 0 Å². The Labute approximate surface area is 137 Å². The smallest absolute Gasteiger partial charge is 0.191 e. The van der Waals surface area contributed by atoms with E-state index in [4.69, 9.17) is 4.74 Å². The molecule has 1 aromatic carbocycles. The zero-order valence-corrected chi connectivity index (χ0v) is 14.3. The largest absolute Gasteiger partial charge is 0.494 e. The van der Waals surface area contributed by atoms with Crippen molar-refractivity contribution < 1.29 is 9.13 Å². The summed E-state index contributed by atoms with van der Waals surface area (Å²) < 4.78 is 18.2. The van der Waals surface area contributed by atoms with Gasteiger partial charge in [-0.2, -0.15) is 0 Å². The van der Waals surface area contributed by atoms with Crippen LogP contribution in [-0.2, 0) is 0 Å². The predicted molar refractivity (Wildman–Crippen MR) is 91.6 cm³/mol. The number of halogens is 2. The van der Waals surface area contributed by atoms with Crippen LogP contribution in [0.3, 0.4) is 0 Å². The fourth-order valence-corrected chi connectivity index (χ4v) is 1.49. The van der Waals surface area contributed by atoms with Crippen LogP contribution in [-0.4, -0.2) is 32.2 Å². The Bertz CT molecular complexity index is 377. The molecule has 0 aromatic heterocycles. The highest BCUT2D eigenvalue weighted by Gasteiger charge is 1.96. The van der Waals surface area contributed by atoms with Gasteiger partial charge in [-0.1, -0.05) is 0 Å². The van der Waals surface area contributed by atoms with Crippen LogP contribution in [0.5, 0.6) is 5.75 Å². The van der Waals surface area contributed by atoms with E-state index in [1.54, 1.807) is 12.1 Å². The molecule has 2 N–H and O–H groups in total. The third-order valence-electron chi connectivity index (χ3n) is 2.34. The van der Waals surface area contributed by atoms with Gasteiger partial charge >= 0.3 is 0 Å². The minimum Gasteiger partial charge on any atom is -0.494 e. The first-order valence-corrected chi connectivity index (χ1v) is 6.66. The van der Waals surface area contributed by atoms with Crippen LogP contribution in [0.25, 0.3) is 0 Å². The van der Waals surface area contributed by atoms with Crippen LogP contribution in [0, 0.1) is 5.82 Å². The van der Waals surface area contributed by atoms with Gasteiger partial charge in [-0.3, -0.25) is 4.99 Å². The predicted octanol–water partition coefficient (Wildman–Crippen LogP) is 2.79. The van der Waals surface area contributed by atoms with Gasteiger partial charge in [0.05, 0.1) is 6.61 Å². The second kappa shape index (κ2) is 11.7. The van der Waals surface area contributed by atoms with Gasteiger partial charge in [0.1, 0.15) is 11.6 Å². The second-order valence-corrected chi connectivity index (χ2v) is 3.95. The van der Waals surface area contributed by atoms with E-state index in [9.17, 15) is 4.39 Å². The van der Waals surface area contributed by atoms with Crippen molar-refractivity contribution in [3.63, 3.8) is 0 Å². The zero-order valence-electron chi connectivity index (χ0n) is 12.0. The number of hydrogen-bond donors (Lipinski definition) is 2. The van der Waals surface area contributed by atoms with E-state index in [-0.39, 0.29) is 29.8 Å². The molecule has 1 rings (SSSR count). The second-order valence-electron chi connectivity index (χ2n) is 3.95. The fraction of sp³-hybridized carbons (Fsp3) is 0.500. The highest BCUT2D eigenvalue weighted by Crippen LogP contribution is 2.10. The quantitative estimate of drug-likeness (QED) is 0.323. The maximum absolute atomic E-state index is 12.7. The van der Waals surface area contributed by atoms with Gasteiger partial charge in [-0.05, 0) is 38.1 Å². The Hall–Kier alpha value is -1.05. The summed E-state index contributed by atoms with van der Waals surface area (Å²) in [6.45, 7) is 7.02. The van der Waals surface area contributed by atoms with E-state index in [1.165, 1.54) is 12.1 Å². The van der Waals surface area contributed by atoms with Crippen LogP contribution < -0.4 is 15.4 Å². The molecule has 4 nitrogen and oxygen atoms in total. The highest BCUT2D eigenvalue weighted by molar-refractivity contribution is 14.0. The Morgan fingerprint density at radius 2 is 1.75 bits per heavy atom. The lowest BCUT2D eigenvalue weighted by Gasteiger charge is -2.09. The standard InChI is InChI=1S/C14H22FN3O.HI/c1-3-16-14(17-4-2)18-10-5-11-19-13-8-6-12(15)7-9-13;/h6-9H,3-5,10-11H2,1-2H3,(H2,16,17,18);1H. The SMILES string of the molecule is CCNC(=NCCCOc1ccc(F)cc1)NCC.I. The van der Waals surface area contributed by atoms with Crippen molar-refractivity contribution in [2.45, 2.75) is 20.3 Å². The molecule has 0 atom stereocenters. The first-order valence-electron chi connectivity index (χ1n) is 6.66. The monoisotopic (exact) mass is 395 g/mol. The number of aliphatic imine (C=N–C) groups is 1. The van der Waals surface area contributed by atoms with Crippen LogP contribution in [0.4, 0.5) is 4.39 Å². The number of rotatable bonds is 7. The molecule has 0 fully saturated rings. The molecule has 0 saturated heterocycles. The molecule has 6 heteroatoms. The lowest BCUT2D eigenvalue weighted by atomic mass is 10.3. The molecule has 0 unspecified atom stereocenters. The Balaban J connectivity index is 0.00000361. The molecule has 114 valence electrons. The van der Waals surface area contributed by atoms with Gasteiger partial charge in [0, 0.05) is 26.1 Å². The van der Waals surface area contributed by atoms with Crippen molar-refractivity contribution >= 4 is 29.9 Å². The number of nitrogens with one attached hydrogen (secondary N) is 2. The first kappa shape index (κ1) is 18.9. The van der Waals surface area contributed by atoms with E-state index >= 15 is 0 Å². The average Bonchev–Trinajstić information content (AvgIpc) is 2.41. The molecule has 0 bridgehead atoms.